The Balaban J connectivity index is 2.93. The summed E-state index contributed by atoms with van der Waals surface area (Å²) in [6, 6.07) is 2.86. The van der Waals surface area contributed by atoms with Crippen molar-refractivity contribution in [1.82, 2.24) is 4.57 Å². The van der Waals surface area contributed by atoms with Crippen LogP contribution in [0.1, 0.15) is 26.7 Å². The Morgan fingerprint density at radius 3 is 2.53 bits per heavy atom. The smallest absolute Gasteiger partial charge is 0.250 e. The third-order valence-corrected chi connectivity index (χ3v) is 3.69. The fourth-order valence-corrected chi connectivity index (χ4v) is 2.63. The van der Waals surface area contributed by atoms with Crippen molar-refractivity contribution >= 4 is 15.7 Å². The molecular formula is C11H18N2O3S. The molecule has 1 aromatic heterocycles. The molecule has 6 heteroatoms. The van der Waals surface area contributed by atoms with Gasteiger partial charge in [-0.3, -0.25) is 9.52 Å². The first-order chi connectivity index (χ1) is 7.98. The molecule has 0 saturated carbocycles. The number of hydrogen-bond acceptors (Lipinski definition) is 3. The summed E-state index contributed by atoms with van der Waals surface area (Å²) in [5.41, 5.74) is 0.316. The summed E-state index contributed by atoms with van der Waals surface area (Å²) in [6.45, 7) is 4.35. The zero-order valence-electron chi connectivity index (χ0n) is 10.1. The minimum absolute atomic E-state index is 0.0832. The fourth-order valence-electron chi connectivity index (χ4n) is 1.51. The van der Waals surface area contributed by atoms with Gasteiger partial charge in [-0.15, -0.1) is 0 Å². The van der Waals surface area contributed by atoms with E-state index < -0.39 is 10.0 Å². The number of nitrogens with zero attached hydrogens (tertiary/aromatic N) is 1. The van der Waals surface area contributed by atoms with Crippen LogP contribution < -0.4 is 10.3 Å². The molecule has 0 amide bonds. The molecule has 0 aliphatic rings. The highest BCUT2D eigenvalue weighted by Gasteiger charge is 2.09. The van der Waals surface area contributed by atoms with E-state index in [2.05, 4.69) is 4.72 Å². The Morgan fingerprint density at radius 1 is 1.24 bits per heavy atom. The van der Waals surface area contributed by atoms with Crippen molar-refractivity contribution in [2.24, 2.45) is 0 Å². The molecule has 96 valence electrons. The van der Waals surface area contributed by atoms with E-state index in [0.29, 0.717) is 18.7 Å². The van der Waals surface area contributed by atoms with E-state index in [-0.39, 0.29) is 11.3 Å². The first-order valence-electron chi connectivity index (χ1n) is 5.69. The van der Waals surface area contributed by atoms with Crippen molar-refractivity contribution in [3.05, 3.63) is 28.7 Å². The number of sulfonamides is 1. The van der Waals surface area contributed by atoms with Crippen LogP contribution in [-0.4, -0.2) is 18.7 Å². The first kappa shape index (κ1) is 13.8. The van der Waals surface area contributed by atoms with Crippen LogP contribution in [-0.2, 0) is 16.6 Å². The van der Waals surface area contributed by atoms with E-state index in [1.165, 1.54) is 16.7 Å². The van der Waals surface area contributed by atoms with Gasteiger partial charge in [0.15, 0.2) is 0 Å². The topological polar surface area (TPSA) is 68.2 Å². The van der Waals surface area contributed by atoms with Crippen molar-refractivity contribution in [2.75, 3.05) is 10.5 Å². The zero-order chi connectivity index (χ0) is 12.9. The molecule has 0 aliphatic carbocycles. The lowest BCUT2D eigenvalue weighted by molar-refractivity contribution is 0.599. The minimum atomic E-state index is -3.29. The highest BCUT2D eigenvalue weighted by molar-refractivity contribution is 7.92. The van der Waals surface area contributed by atoms with Gasteiger partial charge in [0.2, 0.25) is 10.0 Å². The van der Waals surface area contributed by atoms with Gasteiger partial charge >= 0.3 is 0 Å². The highest BCUT2D eigenvalue weighted by atomic mass is 32.2. The molecule has 0 saturated heterocycles. The van der Waals surface area contributed by atoms with E-state index in [1.807, 2.05) is 6.92 Å². The van der Waals surface area contributed by atoms with Gasteiger partial charge < -0.3 is 4.57 Å². The van der Waals surface area contributed by atoms with Crippen LogP contribution in [0.15, 0.2) is 23.1 Å². The third-order valence-electron chi connectivity index (χ3n) is 2.19. The third kappa shape index (κ3) is 4.22. The van der Waals surface area contributed by atoms with Gasteiger partial charge in [0.25, 0.3) is 5.56 Å². The molecule has 0 fully saturated rings. The number of nitrogens with one attached hydrogen (secondary N) is 1. The molecule has 0 unspecified atom stereocenters. The number of rotatable bonds is 6. The second kappa shape index (κ2) is 5.86. The van der Waals surface area contributed by atoms with Crippen molar-refractivity contribution < 1.29 is 8.42 Å². The van der Waals surface area contributed by atoms with Crippen molar-refractivity contribution in [2.45, 2.75) is 33.2 Å². The van der Waals surface area contributed by atoms with Crippen LogP contribution in [0.3, 0.4) is 0 Å². The second-order valence-corrected chi connectivity index (χ2v) is 5.71. The molecule has 0 radical (unpaired) electrons. The Morgan fingerprint density at radius 2 is 1.94 bits per heavy atom. The van der Waals surface area contributed by atoms with Crippen LogP contribution in [0.25, 0.3) is 0 Å². The van der Waals surface area contributed by atoms with Crippen molar-refractivity contribution in [3.63, 3.8) is 0 Å². The molecule has 1 aromatic rings. The van der Waals surface area contributed by atoms with Gasteiger partial charge in [-0.1, -0.05) is 13.8 Å². The molecule has 0 aromatic carbocycles. The number of aryl methyl sites for hydroxylation is 1. The van der Waals surface area contributed by atoms with Crippen LogP contribution in [0.2, 0.25) is 0 Å². The van der Waals surface area contributed by atoms with E-state index in [1.54, 1.807) is 13.1 Å². The predicted octanol–water partition coefficient (Wildman–Crippen LogP) is 1.41. The summed E-state index contributed by atoms with van der Waals surface area (Å²) >= 11 is 0. The number of anilines is 1. The van der Waals surface area contributed by atoms with E-state index in [0.717, 1.165) is 6.42 Å². The molecule has 5 nitrogen and oxygen atoms in total. The molecule has 1 rings (SSSR count). The van der Waals surface area contributed by atoms with Gasteiger partial charge in [0.1, 0.15) is 0 Å². The summed E-state index contributed by atoms with van der Waals surface area (Å²) < 4.78 is 27.1. The molecule has 17 heavy (non-hydrogen) atoms. The van der Waals surface area contributed by atoms with Gasteiger partial charge in [0, 0.05) is 18.8 Å². The molecule has 0 spiro atoms. The molecule has 1 heterocycles. The van der Waals surface area contributed by atoms with E-state index in [9.17, 15) is 13.2 Å². The summed E-state index contributed by atoms with van der Waals surface area (Å²) in [7, 11) is -3.29. The van der Waals surface area contributed by atoms with E-state index >= 15 is 0 Å². The first-order valence-corrected chi connectivity index (χ1v) is 7.34. The van der Waals surface area contributed by atoms with Crippen molar-refractivity contribution in [1.29, 1.82) is 0 Å². The molecule has 0 bridgehead atoms. The SMILES string of the molecule is CCCn1cc(NS(=O)(=O)CCC)ccc1=O. The molecule has 0 aliphatic heterocycles. The van der Waals surface area contributed by atoms with Crippen molar-refractivity contribution in [3.8, 4) is 0 Å². The summed E-state index contributed by atoms with van der Waals surface area (Å²) in [6.07, 6.45) is 2.92. The average molecular weight is 258 g/mol. The monoisotopic (exact) mass is 258 g/mol. The predicted molar refractivity (Wildman–Crippen MR) is 68.7 cm³/mol. The Kier molecular flexibility index (Phi) is 4.74. The lowest BCUT2D eigenvalue weighted by Crippen LogP contribution is -2.21. The molecule has 1 N–H and O–H groups in total. The Labute approximate surface area is 102 Å². The van der Waals surface area contributed by atoms with Gasteiger partial charge in [-0.05, 0) is 18.9 Å². The lowest BCUT2D eigenvalue weighted by Gasteiger charge is -2.09. The van der Waals surface area contributed by atoms with Crippen LogP contribution in [0.5, 0.6) is 0 Å². The maximum Gasteiger partial charge on any atom is 0.250 e. The van der Waals surface area contributed by atoms with Crippen LogP contribution >= 0.6 is 0 Å². The molecule has 0 atom stereocenters. The average Bonchev–Trinajstić information content (AvgIpc) is 2.23. The summed E-state index contributed by atoms with van der Waals surface area (Å²) in [5, 5.41) is 0. The zero-order valence-corrected chi connectivity index (χ0v) is 11.0. The minimum Gasteiger partial charge on any atom is -0.313 e. The number of aromatic nitrogens is 1. The Hall–Kier alpha value is -1.30. The summed E-state index contributed by atoms with van der Waals surface area (Å²) in [4.78, 5) is 11.4. The standard InChI is InChI=1S/C11H18N2O3S/c1-3-7-13-9-10(5-6-11(13)14)12-17(15,16)8-4-2/h5-6,9,12H,3-4,7-8H2,1-2H3. The van der Waals surface area contributed by atoms with Gasteiger partial charge in [-0.2, -0.15) is 0 Å². The fraction of sp³-hybridized carbons (Fsp3) is 0.545. The highest BCUT2D eigenvalue weighted by Crippen LogP contribution is 2.07. The van der Waals surface area contributed by atoms with Crippen LogP contribution in [0, 0.1) is 0 Å². The molecular weight excluding hydrogens is 240 g/mol. The normalized spacial score (nSPS) is 11.4. The van der Waals surface area contributed by atoms with E-state index in [4.69, 9.17) is 0 Å². The Bertz CT molecular complexity index is 520. The van der Waals surface area contributed by atoms with Crippen LogP contribution in [0.4, 0.5) is 5.69 Å². The van der Waals surface area contributed by atoms with Gasteiger partial charge in [0.05, 0.1) is 11.4 Å². The maximum absolute atomic E-state index is 11.6. The maximum atomic E-state index is 11.6. The summed E-state index contributed by atoms with van der Waals surface area (Å²) in [5.74, 6) is 0.0832. The number of hydrogen-bond donors (Lipinski definition) is 1. The number of pyridine rings is 1. The largest absolute Gasteiger partial charge is 0.313 e. The lowest BCUT2D eigenvalue weighted by atomic mass is 10.4. The quantitative estimate of drug-likeness (QED) is 0.838. The van der Waals surface area contributed by atoms with Gasteiger partial charge in [-0.25, -0.2) is 8.42 Å². The second-order valence-electron chi connectivity index (χ2n) is 3.87.